The number of hydrogen-bond donors (Lipinski definition) is 0. The van der Waals surface area contributed by atoms with Crippen LogP contribution in [0.1, 0.15) is 11.1 Å². The minimum absolute atomic E-state index is 0.604. The van der Waals surface area contributed by atoms with Gasteiger partial charge in [0.2, 0.25) is 0 Å². The molecule has 0 saturated heterocycles. The highest BCUT2D eigenvalue weighted by atomic mass is 35.5. The summed E-state index contributed by atoms with van der Waals surface area (Å²) in [6.07, 6.45) is 2.90. The molecule has 0 radical (unpaired) electrons. The van der Waals surface area contributed by atoms with Gasteiger partial charge in [-0.3, -0.25) is 0 Å². The molecule has 0 fully saturated rings. The maximum absolute atomic E-state index is 6.20. The van der Waals surface area contributed by atoms with E-state index in [1.807, 2.05) is 25.4 Å². The van der Waals surface area contributed by atoms with Crippen molar-refractivity contribution in [3.8, 4) is 11.1 Å². The molecule has 162 valence electrons. The lowest BCUT2D eigenvalue weighted by Crippen LogP contribution is -2.36. The third-order valence-corrected chi connectivity index (χ3v) is 6.71. The second-order valence-electron chi connectivity index (χ2n) is 8.29. The number of anilines is 2. The molecule has 0 atom stereocenters. The lowest BCUT2D eigenvalue weighted by Gasteiger charge is -2.34. The lowest BCUT2D eigenvalue weighted by atomic mass is 9.99. The Balaban J connectivity index is 1.39. The number of pyridine rings is 1. The third-order valence-electron chi connectivity index (χ3n) is 6.28. The summed E-state index contributed by atoms with van der Waals surface area (Å²) in [5.74, 6) is 1.76. The summed E-state index contributed by atoms with van der Waals surface area (Å²) in [7, 11) is 2.01. The highest BCUT2D eigenvalue weighted by molar-refractivity contribution is 6.35. The van der Waals surface area contributed by atoms with Crippen LogP contribution in [0.15, 0.2) is 79.4 Å². The SMILES string of the molecule is C=C(CN1C(=C)N(C)c2cc(-c3cc(Cl)cc(Cl)c3)cnc21)N1CCc2ccccc2C1. The molecule has 2 aliphatic heterocycles. The summed E-state index contributed by atoms with van der Waals surface area (Å²) in [4.78, 5) is 11.3. The minimum atomic E-state index is 0.604. The smallest absolute Gasteiger partial charge is 0.158 e. The molecule has 0 bridgehead atoms. The number of hydrogen-bond acceptors (Lipinski definition) is 4. The first-order chi connectivity index (χ1) is 15.4. The van der Waals surface area contributed by atoms with Gasteiger partial charge in [0.15, 0.2) is 5.82 Å². The standard InChI is InChI=1S/C26H24Cl2N4/c1-17(31-9-8-19-6-4-5-7-20(19)16-31)15-32-18(2)30(3)25-12-22(14-29-26(25)32)21-10-23(27)13-24(28)11-21/h4-7,10-14H,1-2,8-9,15-16H2,3H3. The number of benzene rings is 2. The zero-order valence-electron chi connectivity index (χ0n) is 18.0. The van der Waals surface area contributed by atoms with Crippen LogP contribution < -0.4 is 9.80 Å². The Kier molecular flexibility index (Phi) is 5.36. The molecular weight excluding hydrogens is 439 g/mol. The summed E-state index contributed by atoms with van der Waals surface area (Å²) < 4.78 is 0. The molecule has 0 amide bonds. The molecule has 0 spiro atoms. The Morgan fingerprint density at radius 1 is 1.03 bits per heavy atom. The second-order valence-corrected chi connectivity index (χ2v) is 9.17. The van der Waals surface area contributed by atoms with Crippen LogP contribution in [-0.4, -0.2) is 30.0 Å². The van der Waals surface area contributed by atoms with Crippen molar-refractivity contribution in [3.63, 3.8) is 0 Å². The van der Waals surface area contributed by atoms with E-state index < -0.39 is 0 Å². The average molecular weight is 463 g/mol. The van der Waals surface area contributed by atoms with Gasteiger partial charge in [-0.15, -0.1) is 0 Å². The van der Waals surface area contributed by atoms with Crippen LogP contribution in [0.2, 0.25) is 10.0 Å². The summed E-state index contributed by atoms with van der Waals surface area (Å²) in [6.45, 7) is 11.2. The molecule has 3 heterocycles. The molecule has 2 aromatic carbocycles. The number of rotatable bonds is 4. The average Bonchev–Trinajstić information content (AvgIpc) is 3.02. The number of fused-ring (bicyclic) bond motifs is 2. The Bertz CT molecular complexity index is 1220. The van der Waals surface area contributed by atoms with Crippen LogP contribution >= 0.6 is 23.2 Å². The highest BCUT2D eigenvalue weighted by Crippen LogP contribution is 2.41. The van der Waals surface area contributed by atoms with Crippen LogP contribution in [0.25, 0.3) is 11.1 Å². The number of halogens is 2. The van der Waals surface area contributed by atoms with Gasteiger partial charge in [-0.05, 0) is 47.4 Å². The van der Waals surface area contributed by atoms with Crippen molar-refractivity contribution >= 4 is 34.7 Å². The molecule has 32 heavy (non-hydrogen) atoms. The number of aromatic nitrogens is 1. The maximum atomic E-state index is 6.20. The van der Waals surface area contributed by atoms with Gasteiger partial charge < -0.3 is 14.7 Å². The maximum Gasteiger partial charge on any atom is 0.158 e. The van der Waals surface area contributed by atoms with E-state index >= 15 is 0 Å². The van der Waals surface area contributed by atoms with Gasteiger partial charge in [-0.1, -0.05) is 60.6 Å². The van der Waals surface area contributed by atoms with E-state index in [4.69, 9.17) is 28.2 Å². The predicted octanol–water partition coefficient (Wildman–Crippen LogP) is 6.35. The van der Waals surface area contributed by atoms with E-state index in [1.165, 1.54) is 11.1 Å². The van der Waals surface area contributed by atoms with E-state index in [-0.39, 0.29) is 0 Å². The van der Waals surface area contributed by atoms with E-state index in [2.05, 4.69) is 58.2 Å². The molecule has 0 N–H and O–H groups in total. The van der Waals surface area contributed by atoms with Crippen molar-refractivity contribution in [1.29, 1.82) is 0 Å². The van der Waals surface area contributed by atoms with E-state index in [0.717, 1.165) is 53.7 Å². The predicted molar refractivity (Wildman–Crippen MR) is 134 cm³/mol. The summed E-state index contributed by atoms with van der Waals surface area (Å²) >= 11 is 12.4. The molecule has 0 saturated carbocycles. The van der Waals surface area contributed by atoms with Crippen molar-refractivity contribution in [2.75, 3.05) is 29.9 Å². The van der Waals surface area contributed by atoms with Crippen LogP contribution in [0, 0.1) is 0 Å². The van der Waals surface area contributed by atoms with Gasteiger partial charge >= 0.3 is 0 Å². The van der Waals surface area contributed by atoms with E-state index in [0.29, 0.717) is 16.6 Å². The van der Waals surface area contributed by atoms with Crippen molar-refractivity contribution in [1.82, 2.24) is 9.88 Å². The fourth-order valence-corrected chi connectivity index (χ4v) is 4.96. The summed E-state index contributed by atoms with van der Waals surface area (Å²) in [5, 5.41) is 1.21. The largest absolute Gasteiger partial charge is 0.369 e. The van der Waals surface area contributed by atoms with Crippen molar-refractivity contribution in [2.24, 2.45) is 0 Å². The summed E-state index contributed by atoms with van der Waals surface area (Å²) in [5.41, 5.74) is 6.77. The van der Waals surface area contributed by atoms with Gasteiger partial charge in [-0.25, -0.2) is 4.98 Å². The molecule has 0 aliphatic carbocycles. The molecule has 1 aromatic heterocycles. The first kappa shape index (κ1) is 20.9. The Hall–Kier alpha value is -2.95. The Morgan fingerprint density at radius 2 is 1.75 bits per heavy atom. The van der Waals surface area contributed by atoms with Gasteiger partial charge in [0, 0.05) is 47.6 Å². The molecule has 6 heteroatoms. The van der Waals surface area contributed by atoms with Gasteiger partial charge in [0.1, 0.15) is 5.82 Å². The van der Waals surface area contributed by atoms with E-state index in [9.17, 15) is 0 Å². The van der Waals surface area contributed by atoms with Gasteiger partial charge in [0.25, 0.3) is 0 Å². The van der Waals surface area contributed by atoms with E-state index in [1.54, 1.807) is 6.07 Å². The number of nitrogens with zero attached hydrogens (tertiary/aromatic N) is 4. The third kappa shape index (κ3) is 3.74. The lowest BCUT2D eigenvalue weighted by molar-refractivity contribution is 0.319. The van der Waals surface area contributed by atoms with Crippen molar-refractivity contribution < 1.29 is 0 Å². The molecule has 3 aromatic rings. The zero-order valence-corrected chi connectivity index (χ0v) is 19.5. The van der Waals surface area contributed by atoms with Crippen molar-refractivity contribution in [3.05, 3.63) is 101 Å². The van der Waals surface area contributed by atoms with Crippen LogP contribution in [0.5, 0.6) is 0 Å². The molecular formula is C26H24Cl2N4. The normalized spacial score (nSPS) is 15.1. The monoisotopic (exact) mass is 462 g/mol. The minimum Gasteiger partial charge on any atom is -0.369 e. The first-order valence-electron chi connectivity index (χ1n) is 10.6. The van der Waals surface area contributed by atoms with Crippen LogP contribution in [0.4, 0.5) is 11.5 Å². The van der Waals surface area contributed by atoms with Crippen LogP contribution in [-0.2, 0) is 13.0 Å². The first-order valence-corrected chi connectivity index (χ1v) is 11.3. The molecule has 2 aliphatic rings. The molecule has 0 unspecified atom stereocenters. The topological polar surface area (TPSA) is 22.6 Å². The molecule has 4 nitrogen and oxygen atoms in total. The molecule has 5 rings (SSSR count). The van der Waals surface area contributed by atoms with Crippen molar-refractivity contribution in [2.45, 2.75) is 13.0 Å². The highest BCUT2D eigenvalue weighted by Gasteiger charge is 2.31. The van der Waals surface area contributed by atoms with Gasteiger partial charge in [-0.2, -0.15) is 0 Å². The van der Waals surface area contributed by atoms with Gasteiger partial charge in [0.05, 0.1) is 12.2 Å². The summed E-state index contributed by atoms with van der Waals surface area (Å²) in [6, 6.07) is 16.3. The Morgan fingerprint density at radius 3 is 2.50 bits per heavy atom. The zero-order chi connectivity index (χ0) is 22.4. The second kappa shape index (κ2) is 8.19. The van der Waals surface area contributed by atoms with Crippen LogP contribution in [0.3, 0.4) is 0 Å². The quantitative estimate of drug-likeness (QED) is 0.449. The Labute approximate surface area is 199 Å². The fraction of sp³-hybridized carbons (Fsp3) is 0.192. The fourth-order valence-electron chi connectivity index (χ4n) is 4.44.